The van der Waals surface area contributed by atoms with Crippen LogP contribution < -0.4 is 10.4 Å². The number of hydrogen-bond donors (Lipinski definition) is 0. The number of nitrogens with zero attached hydrogens (tertiary/aromatic N) is 7. The Kier molecular flexibility index (Phi) is 37.6. The van der Waals surface area contributed by atoms with Gasteiger partial charge < -0.3 is 18.0 Å². The zero-order chi connectivity index (χ0) is 105. The molecule has 142 heavy (non-hydrogen) atoms. The summed E-state index contributed by atoms with van der Waals surface area (Å²) in [6.45, 7) is 86.8. The standard InChI is InChI=1S/C13H18Si.C12H17NSi.C12H15N.C11H14N2.C11H12O.C11H12S.C11H12Se.C10H11NO.C10H11NS.C10H11NSe.C7H10S.C7H10Se/c1-9-6-12-8-11(3)14(4,5)13(12)7-10(9)2;1-8-6-11-12(7-9(8)2)14(4,5)10(3)13-11;1-8-5-11-7-10(3)13(4)12(11)6-9(8)2;1-7-5-10-11(6-8(7)2)13(4)9(3)12-10;3*1-7-4-10-6-9(3)12-11(10)5-8(7)2;3*1-6-4-9-10(5-7(6)2)12-8(3)11-9;2*1-5-4-6(2)8-7(5)3/h6-8H,1-5H3;6-7H,1-5H3;5-7H,1-4H3;5-6H,1-4H3;3*4-6H,1-3H3;3*4-5H,1-3H3;2*4H,1-3H3. The van der Waals surface area contributed by atoms with Crippen molar-refractivity contribution < 1.29 is 8.83 Å². The molecule has 12 heterocycles. The van der Waals surface area contributed by atoms with Crippen molar-refractivity contribution in [2.24, 2.45) is 19.1 Å². The van der Waals surface area contributed by atoms with Crippen LogP contribution >= 0.6 is 34.0 Å². The fourth-order valence-corrected chi connectivity index (χ4v) is 30.4. The molecule has 0 saturated carbocycles. The van der Waals surface area contributed by atoms with Gasteiger partial charge in [0.2, 0.25) is 0 Å². The molecule has 0 amide bonds. The van der Waals surface area contributed by atoms with Crippen LogP contribution in [-0.2, 0) is 14.1 Å². The van der Waals surface area contributed by atoms with E-state index in [-0.39, 0.29) is 0 Å². The molecule has 20 aromatic rings. The van der Waals surface area contributed by atoms with Crippen molar-refractivity contribution in [3.8, 4) is 0 Å². The summed E-state index contributed by atoms with van der Waals surface area (Å²) < 4.78 is 27.0. The number of allylic oxidation sites excluding steroid dienone is 1. The number of benzene rings is 10. The van der Waals surface area contributed by atoms with Crippen LogP contribution in [0.4, 0.5) is 5.69 Å². The van der Waals surface area contributed by atoms with Crippen molar-refractivity contribution >= 4 is 205 Å². The number of aromatic nitrogens is 6. The van der Waals surface area contributed by atoms with Crippen LogP contribution in [0.3, 0.4) is 0 Å². The minimum absolute atomic E-state index is 0.494. The van der Waals surface area contributed by atoms with Gasteiger partial charge in [0.05, 0.1) is 31.9 Å². The molecule has 0 unspecified atom stereocenters. The first-order chi connectivity index (χ1) is 66.4. The Morgan fingerprint density at radius 2 is 0.782 bits per heavy atom. The molecular weight excluding hydrogens is 2020 g/mol. The van der Waals surface area contributed by atoms with Gasteiger partial charge in [-0.25, -0.2) is 15.0 Å². The van der Waals surface area contributed by atoms with E-state index < -0.39 is 16.1 Å². The Bertz CT molecular complexity index is 6940. The van der Waals surface area contributed by atoms with Gasteiger partial charge in [-0.05, 0) is 393 Å². The Morgan fingerprint density at radius 1 is 0.303 bits per heavy atom. The second kappa shape index (κ2) is 47.5. The Balaban J connectivity index is 0.000000148. The molecule has 0 fully saturated rings. The minimum atomic E-state index is -1.37. The molecule has 0 aliphatic carbocycles. The van der Waals surface area contributed by atoms with Crippen molar-refractivity contribution in [3.63, 3.8) is 0 Å². The minimum Gasteiger partial charge on any atom is -0.441 e. The SMILES string of the molecule is CC1=Cc2cc(C)c(C)cc2[Si]1(C)C.CC1=Nc2cc(C)c(C)cc2[Si]1(C)C.Cc1cc(C)c(C)[se]1.Cc1cc(C)c(C)s1.Cc1cc2cc(C)c(C)cc2[se]1.Cc1cc2cc(C)c(C)cc2o1.Cc1cc2cc(C)c(C)cc2s1.Cc1cc2cc(C)n(C)c2cc1C.Cc1cc2nc(C)n(C)c2cc1C.Cc1nc2cc(C)c(C)cc2[se]1.Cc1nc2cc(C)c(C)cc2o1.Cc1nc2cc(C)c(C)cc2s1. The quantitative estimate of drug-likeness (QED) is 0.140. The fraction of sp³-hybridized carbons (Fsp3) is 0.336. The van der Waals surface area contributed by atoms with Gasteiger partial charge in [-0.3, -0.25) is 4.99 Å². The Hall–Kier alpha value is -9.94. The van der Waals surface area contributed by atoms with Gasteiger partial charge in [-0.15, -0.1) is 34.0 Å². The maximum Gasteiger partial charge on any atom is 0.192 e. The average molecular weight is 2170 g/mol. The van der Waals surface area contributed by atoms with E-state index >= 15 is 0 Å². The third kappa shape index (κ3) is 28.0. The normalized spacial score (nSPS) is 12.2. The Labute approximate surface area is 880 Å². The summed E-state index contributed by atoms with van der Waals surface area (Å²) in [6, 6.07) is 58.0. The number of aliphatic imine (C=N–C) groups is 1. The number of thiophene rings is 2. The molecule has 9 nitrogen and oxygen atoms in total. The van der Waals surface area contributed by atoms with Crippen LogP contribution in [0.1, 0.15) is 202 Å². The van der Waals surface area contributed by atoms with Gasteiger partial charge in [0.15, 0.2) is 11.5 Å². The topological polar surface area (TPSA) is 100 Å². The number of furan rings is 1. The molecule has 2 aliphatic heterocycles. The smallest absolute Gasteiger partial charge is 0.192 e. The first-order valence-corrected chi connectivity index (χ1v) is 63.0. The molecule has 22 rings (SSSR count). The second-order valence-corrected chi connectivity index (χ2v) is 62.3. The second-order valence-electron chi connectivity index (χ2n) is 40.8. The summed E-state index contributed by atoms with van der Waals surface area (Å²) in [5.41, 5.74) is 42.9. The van der Waals surface area contributed by atoms with E-state index in [9.17, 15) is 0 Å². The largest absolute Gasteiger partial charge is 0.441 e. The predicted molar refractivity (Wildman–Crippen MR) is 637 cm³/mol. The average Bonchev–Trinajstić information content (AvgIpc) is 1.62. The van der Waals surface area contributed by atoms with E-state index in [1.807, 2.05) is 49.5 Å². The Morgan fingerprint density at radius 3 is 1.35 bits per heavy atom. The summed E-state index contributed by atoms with van der Waals surface area (Å²) in [4.78, 5) is 26.6. The monoisotopic (exact) mass is 2180 g/mol. The number of oxazole rings is 1. The van der Waals surface area contributed by atoms with Crippen molar-refractivity contribution in [2.45, 2.75) is 275 Å². The van der Waals surface area contributed by atoms with Crippen molar-refractivity contribution in [1.82, 2.24) is 29.1 Å². The van der Waals surface area contributed by atoms with Crippen LogP contribution in [0, 0.1) is 235 Å². The summed E-state index contributed by atoms with van der Waals surface area (Å²) in [5.74, 6) is 2.78. The van der Waals surface area contributed by atoms with Crippen LogP contribution in [-0.4, -0.2) is 94.1 Å². The summed E-state index contributed by atoms with van der Waals surface area (Å²) in [5, 5.41) is 12.6. The summed E-state index contributed by atoms with van der Waals surface area (Å²) in [7, 11) is 1.55. The van der Waals surface area contributed by atoms with E-state index in [4.69, 9.17) is 8.83 Å². The first kappa shape index (κ1) is 112. The molecule has 0 bridgehead atoms. The maximum absolute atomic E-state index is 5.50. The number of hydrogen-bond acceptors (Lipinski definition) is 10. The molecule has 10 aromatic heterocycles. The molecule has 0 atom stereocenters. The van der Waals surface area contributed by atoms with Gasteiger partial charge >= 0.3 is 212 Å². The third-order valence-electron chi connectivity index (χ3n) is 28.5. The van der Waals surface area contributed by atoms with E-state index in [0.717, 1.165) is 50.2 Å². The van der Waals surface area contributed by atoms with Gasteiger partial charge in [0.25, 0.3) is 0 Å². The van der Waals surface area contributed by atoms with Crippen molar-refractivity contribution in [3.05, 3.63) is 352 Å². The van der Waals surface area contributed by atoms with E-state index in [1.54, 1.807) is 39.3 Å². The van der Waals surface area contributed by atoms with Crippen molar-refractivity contribution in [2.75, 3.05) is 0 Å². The zero-order valence-corrected chi connectivity index (χ0v) is 103. The number of aryl methyl sites for hydroxylation is 36. The van der Waals surface area contributed by atoms with Crippen LogP contribution in [0.2, 0.25) is 26.2 Å². The molecule has 0 spiro atoms. The van der Waals surface area contributed by atoms with E-state index in [1.165, 1.54) is 221 Å². The number of imidazole rings is 1. The van der Waals surface area contributed by atoms with Gasteiger partial charge in [-0.1, -0.05) is 61.7 Å². The summed E-state index contributed by atoms with van der Waals surface area (Å²) in [6.07, 6.45) is 2.38. The molecule has 2 aliphatic rings. The number of rotatable bonds is 0. The van der Waals surface area contributed by atoms with Gasteiger partial charge in [0.1, 0.15) is 38.8 Å². The summed E-state index contributed by atoms with van der Waals surface area (Å²) >= 11 is 7.31. The number of thiazole rings is 1. The van der Waals surface area contributed by atoms with Gasteiger partial charge in [0, 0.05) is 67.7 Å². The maximum atomic E-state index is 5.50. The molecule has 744 valence electrons. The molecular formula is C125H153N7O2S3Se3Si2. The van der Waals surface area contributed by atoms with Crippen LogP contribution in [0.5, 0.6) is 0 Å². The van der Waals surface area contributed by atoms with Crippen LogP contribution in [0.25, 0.3) is 89.8 Å². The van der Waals surface area contributed by atoms with Gasteiger partial charge in [-0.2, -0.15) is 0 Å². The fourth-order valence-electron chi connectivity index (χ4n) is 17.1. The third-order valence-corrected chi connectivity index (χ3v) is 45.4. The molecule has 0 radical (unpaired) electrons. The molecule has 0 saturated heterocycles. The van der Waals surface area contributed by atoms with Crippen LogP contribution in [0.15, 0.2) is 177 Å². The first-order valence-electron chi connectivity index (χ1n) is 49.4. The number of fused-ring (bicyclic) bond motifs is 10. The molecule has 0 N–H and O–H groups in total. The van der Waals surface area contributed by atoms with Crippen molar-refractivity contribution in [1.29, 1.82) is 0 Å². The molecule has 10 aromatic carbocycles. The predicted octanol–water partition coefficient (Wildman–Crippen LogP) is 34.2. The van der Waals surface area contributed by atoms with E-state index in [0.29, 0.717) is 43.5 Å². The molecule has 17 heteroatoms. The zero-order valence-electron chi connectivity index (χ0n) is 93.0. The van der Waals surface area contributed by atoms with E-state index in [2.05, 4.69) is 461 Å².